The molecule has 0 aliphatic carbocycles. The summed E-state index contributed by atoms with van der Waals surface area (Å²) in [6.45, 7) is 7.58. The molecule has 1 unspecified atom stereocenters. The summed E-state index contributed by atoms with van der Waals surface area (Å²) in [6, 6.07) is 2.83. The molecule has 0 amide bonds. The van der Waals surface area contributed by atoms with Crippen molar-refractivity contribution < 1.29 is 0 Å². The number of nitrogens with one attached hydrogen (secondary N) is 1. The van der Waals surface area contributed by atoms with E-state index in [2.05, 4.69) is 40.1 Å². The van der Waals surface area contributed by atoms with Crippen LogP contribution >= 0.6 is 11.3 Å². The minimum atomic E-state index is 0.553. The summed E-state index contributed by atoms with van der Waals surface area (Å²) < 4.78 is 0. The van der Waals surface area contributed by atoms with Gasteiger partial charge in [0.25, 0.3) is 0 Å². The van der Waals surface area contributed by atoms with Crippen molar-refractivity contribution in [2.45, 2.75) is 39.2 Å². The molecule has 0 aromatic carbocycles. The Balaban J connectivity index is 2.00. The van der Waals surface area contributed by atoms with Gasteiger partial charge in [-0.15, -0.1) is 11.3 Å². The molecule has 1 aliphatic heterocycles. The Hall–Kier alpha value is -1.20. The van der Waals surface area contributed by atoms with Crippen LogP contribution in [0.4, 0.5) is 5.82 Å². The molecule has 2 aromatic heterocycles. The van der Waals surface area contributed by atoms with Gasteiger partial charge in [-0.05, 0) is 18.9 Å². The van der Waals surface area contributed by atoms with E-state index >= 15 is 0 Å². The second-order valence-corrected chi connectivity index (χ2v) is 6.44. The Labute approximate surface area is 124 Å². The van der Waals surface area contributed by atoms with Crippen LogP contribution in [-0.4, -0.2) is 35.6 Å². The van der Waals surface area contributed by atoms with Crippen LogP contribution in [0.3, 0.4) is 0 Å². The van der Waals surface area contributed by atoms with Crippen LogP contribution in [0.1, 0.15) is 31.6 Å². The van der Waals surface area contributed by atoms with Gasteiger partial charge in [-0.1, -0.05) is 20.3 Å². The zero-order valence-electron chi connectivity index (χ0n) is 12.2. The van der Waals surface area contributed by atoms with Crippen LogP contribution in [0.5, 0.6) is 0 Å². The van der Waals surface area contributed by atoms with Crippen molar-refractivity contribution in [3.63, 3.8) is 0 Å². The van der Waals surface area contributed by atoms with Crippen molar-refractivity contribution in [1.82, 2.24) is 15.3 Å². The maximum Gasteiger partial charge on any atom is 0.141 e. The zero-order valence-corrected chi connectivity index (χ0v) is 13.0. The fraction of sp³-hybridized carbons (Fsp3) is 0.600. The molecule has 1 fully saturated rings. The van der Waals surface area contributed by atoms with E-state index in [1.165, 1.54) is 23.1 Å². The molecule has 0 radical (unpaired) electrons. The second kappa shape index (κ2) is 6.06. The topological polar surface area (TPSA) is 41.0 Å². The number of aromatic nitrogens is 2. The molecule has 3 heterocycles. The number of anilines is 1. The van der Waals surface area contributed by atoms with Crippen LogP contribution in [0, 0.1) is 0 Å². The Morgan fingerprint density at radius 2 is 2.30 bits per heavy atom. The Morgan fingerprint density at radius 1 is 1.40 bits per heavy atom. The predicted octanol–water partition coefficient (Wildman–Crippen LogP) is 2.83. The fourth-order valence-electron chi connectivity index (χ4n) is 2.93. The zero-order chi connectivity index (χ0) is 13.9. The van der Waals surface area contributed by atoms with Crippen molar-refractivity contribution in [2.75, 3.05) is 24.5 Å². The van der Waals surface area contributed by atoms with Gasteiger partial charge in [0.05, 0.1) is 5.39 Å². The van der Waals surface area contributed by atoms with Gasteiger partial charge in [-0.2, -0.15) is 0 Å². The van der Waals surface area contributed by atoms with Gasteiger partial charge in [0, 0.05) is 30.6 Å². The normalized spacial score (nSPS) is 19.7. The van der Waals surface area contributed by atoms with Crippen LogP contribution in [0.2, 0.25) is 0 Å². The highest BCUT2D eigenvalue weighted by Gasteiger charge is 2.24. The van der Waals surface area contributed by atoms with Crippen molar-refractivity contribution in [1.29, 1.82) is 0 Å². The molecule has 0 spiro atoms. The van der Waals surface area contributed by atoms with Crippen LogP contribution in [0.25, 0.3) is 10.2 Å². The molecule has 4 nitrogen and oxygen atoms in total. The van der Waals surface area contributed by atoms with E-state index in [4.69, 9.17) is 0 Å². The number of aryl methyl sites for hydroxylation is 1. The van der Waals surface area contributed by atoms with E-state index in [1.807, 2.05) is 0 Å². The minimum absolute atomic E-state index is 0.553. The van der Waals surface area contributed by atoms with Gasteiger partial charge in [0.2, 0.25) is 0 Å². The largest absolute Gasteiger partial charge is 0.350 e. The molecule has 1 N–H and O–H groups in total. The summed E-state index contributed by atoms with van der Waals surface area (Å²) in [5, 5.41) is 4.74. The maximum atomic E-state index is 4.60. The van der Waals surface area contributed by atoms with Gasteiger partial charge < -0.3 is 10.2 Å². The van der Waals surface area contributed by atoms with Crippen molar-refractivity contribution in [3.8, 4) is 0 Å². The van der Waals surface area contributed by atoms with E-state index < -0.39 is 0 Å². The molecule has 0 saturated carbocycles. The van der Waals surface area contributed by atoms with Crippen molar-refractivity contribution in [3.05, 3.63) is 17.3 Å². The standard InChI is InChI=1S/C15H22N4S/c1-3-5-11-9-16-6-7-19(11)14-13-8-12(4-2)20-15(13)18-10-17-14/h8,10-11,16H,3-7,9H2,1-2H3. The number of nitrogens with zero attached hydrogens (tertiary/aromatic N) is 3. The highest BCUT2D eigenvalue weighted by atomic mass is 32.1. The highest BCUT2D eigenvalue weighted by Crippen LogP contribution is 2.32. The second-order valence-electron chi connectivity index (χ2n) is 5.32. The Morgan fingerprint density at radius 3 is 3.10 bits per heavy atom. The molecule has 108 valence electrons. The molecule has 2 aromatic rings. The quantitative estimate of drug-likeness (QED) is 0.940. The molecular weight excluding hydrogens is 268 g/mol. The number of fused-ring (bicyclic) bond motifs is 1. The van der Waals surface area contributed by atoms with E-state index in [9.17, 15) is 0 Å². The van der Waals surface area contributed by atoms with Crippen LogP contribution in [-0.2, 0) is 6.42 Å². The number of hydrogen-bond acceptors (Lipinski definition) is 5. The van der Waals surface area contributed by atoms with Gasteiger partial charge in [-0.25, -0.2) is 9.97 Å². The third-order valence-corrected chi connectivity index (χ3v) is 5.14. The first-order chi connectivity index (χ1) is 9.83. The average molecular weight is 290 g/mol. The third kappa shape index (κ3) is 2.52. The summed E-state index contributed by atoms with van der Waals surface area (Å²) in [5.74, 6) is 1.13. The molecule has 3 rings (SSSR count). The molecule has 5 heteroatoms. The first kappa shape index (κ1) is 13.8. The number of thiophene rings is 1. The fourth-order valence-corrected chi connectivity index (χ4v) is 3.86. The lowest BCUT2D eigenvalue weighted by molar-refractivity contribution is 0.448. The molecule has 1 atom stereocenters. The summed E-state index contributed by atoms with van der Waals surface area (Å²) in [5.41, 5.74) is 0. The molecule has 20 heavy (non-hydrogen) atoms. The summed E-state index contributed by atoms with van der Waals surface area (Å²) >= 11 is 1.80. The molecule has 0 bridgehead atoms. The first-order valence-corrected chi connectivity index (χ1v) is 8.36. The van der Waals surface area contributed by atoms with Gasteiger partial charge in [0.15, 0.2) is 0 Å². The van der Waals surface area contributed by atoms with Crippen molar-refractivity contribution >= 4 is 27.4 Å². The lowest BCUT2D eigenvalue weighted by Crippen LogP contribution is -2.51. The van der Waals surface area contributed by atoms with Gasteiger partial charge >= 0.3 is 0 Å². The lowest BCUT2D eigenvalue weighted by Gasteiger charge is -2.37. The highest BCUT2D eigenvalue weighted by molar-refractivity contribution is 7.18. The molecular formula is C15H22N4S. The van der Waals surface area contributed by atoms with Gasteiger partial charge in [-0.3, -0.25) is 0 Å². The average Bonchev–Trinajstić information content (AvgIpc) is 2.91. The monoisotopic (exact) mass is 290 g/mol. The smallest absolute Gasteiger partial charge is 0.141 e. The Kier molecular flexibility index (Phi) is 4.17. The van der Waals surface area contributed by atoms with Crippen LogP contribution < -0.4 is 10.2 Å². The van der Waals surface area contributed by atoms with Crippen molar-refractivity contribution in [2.24, 2.45) is 0 Å². The maximum absolute atomic E-state index is 4.60. The SMILES string of the molecule is CCCC1CNCCN1c1ncnc2sc(CC)cc12. The number of hydrogen-bond donors (Lipinski definition) is 1. The lowest BCUT2D eigenvalue weighted by atomic mass is 10.1. The van der Waals surface area contributed by atoms with E-state index in [0.29, 0.717) is 6.04 Å². The number of rotatable bonds is 4. The predicted molar refractivity (Wildman–Crippen MR) is 85.7 cm³/mol. The van der Waals surface area contributed by atoms with E-state index in [1.54, 1.807) is 17.7 Å². The van der Waals surface area contributed by atoms with Crippen LogP contribution in [0.15, 0.2) is 12.4 Å². The minimum Gasteiger partial charge on any atom is -0.350 e. The van der Waals surface area contributed by atoms with Gasteiger partial charge in [0.1, 0.15) is 17.0 Å². The number of piperazine rings is 1. The van der Waals surface area contributed by atoms with E-state index in [-0.39, 0.29) is 0 Å². The first-order valence-electron chi connectivity index (χ1n) is 7.54. The molecule has 1 saturated heterocycles. The van der Waals surface area contributed by atoms with E-state index in [0.717, 1.165) is 36.7 Å². The Bertz CT molecular complexity index is 578. The third-order valence-electron chi connectivity index (χ3n) is 3.95. The summed E-state index contributed by atoms with van der Waals surface area (Å²) in [7, 11) is 0. The molecule has 1 aliphatic rings. The summed E-state index contributed by atoms with van der Waals surface area (Å²) in [6.07, 6.45) is 5.21. The summed E-state index contributed by atoms with van der Waals surface area (Å²) in [4.78, 5) is 14.0.